The largest absolute Gasteiger partial charge is 0.491 e. The van der Waals surface area contributed by atoms with E-state index in [1.54, 1.807) is 0 Å². The SMILES string of the molecule is CC(N)CC(=O)NCCOc1ccccc1C(C)C. The molecule has 0 aliphatic rings. The first-order valence-electron chi connectivity index (χ1n) is 6.74. The molecule has 1 aromatic rings. The van der Waals surface area contributed by atoms with Crippen molar-refractivity contribution in [3.8, 4) is 5.75 Å². The van der Waals surface area contributed by atoms with Crippen LogP contribution in [0.15, 0.2) is 24.3 Å². The fraction of sp³-hybridized carbons (Fsp3) is 0.533. The van der Waals surface area contributed by atoms with Gasteiger partial charge < -0.3 is 15.8 Å². The molecule has 1 aromatic carbocycles. The highest BCUT2D eigenvalue weighted by atomic mass is 16.5. The fourth-order valence-corrected chi connectivity index (χ4v) is 1.80. The van der Waals surface area contributed by atoms with Gasteiger partial charge in [-0.05, 0) is 24.5 Å². The molecule has 0 aliphatic carbocycles. The lowest BCUT2D eigenvalue weighted by atomic mass is 10.0. The number of hydrogen-bond donors (Lipinski definition) is 2. The van der Waals surface area contributed by atoms with Crippen LogP contribution in [0, 0.1) is 0 Å². The molecule has 0 saturated heterocycles. The van der Waals surface area contributed by atoms with E-state index in [2.05, 4.69) is 25.2 Å². The van der Waals surface area contributed by atoms with E-state index < -0.39 is 0 Å². The first-order valence-corrected chi connectivity index (χ1v) is 6.74. The van der Waals surface area contributed by atoms with Crippen LogP contribution in [0.3, 0.4) is 0 Å². The molecule has 0 spiro atoms. The number of nitrogens with two attached hydrogens (primary N) is 1. The van der Waals surface area contributed by atoms with Gasteiger partial charge in [0.2, 0.25) is 5.91 Å². The molecule has 1 unspecified atom stereocenters. The Morgan fingerprint density at radius 3 is 2.63 bits per heavy atom. The average Bonchev–Trinajstić information content (AvgIpc) is 2.34. The molecule has 106 valence electrons. The molecule has 0 bridgehead atoms. The Balaban J connectivity index is 2.36. The Labute approximate surface area is 115 Å². The van der Waals surface area contributed by atoms with Gasteiger partial charge in [-0.1, -0.05) is 32.0 Å². The summed E-state index contributed by atoms with van der Waals surface area (Å²) in [5, 5.41) is 2.79. The van der Waals surface area contributed by atoms with Crippen molar-refractivity contribution in [2.45, 2.75) is 39.2 Å². The molecule has 4 nitrogen and oxygen atoms in total. The second kappa shape index (κ2) is 7.79. The van der Waals surface area contributed by atoms with Gasteiger partial charge in [-0.2, -0.15) is 0 Å². The van der Waals surface area contributed by atoms with Crippen molar-refractivity contribution in [2.24, 2.45) is 5.73 Å². The van der Waals surface area contributed by atoms with Gasteiger partial charge in [0.25, 0.3) is 0 Å². The summed E-state index contributed by atoms with van der Waals surface area (Å²) in [6.07, 6.45) is 0.350. The lowest BCUT2D eigenvalue weighted by Crippen LogP contribution is -2.32. The number of benzene rings is 1. The Hall–Kier alpha value is -1.55. The smallest absolute Gasteiger partial charge is 0.221 e. The number of nitrogens with one attached hydrogen (secondary N) is 1. The number of hydrogen-bond acceptors (Lipinski definition) is 3. The van der Waals surface area contributed by atoms with Crippen molar-refractivity contribution < 1.29 is 9.53 Å². The first kappa shape index (κ1) is 15.5. The highest BCUT2D eigenvalue weighted by Gasteiger charge is 2.07. The van der Waals surface area contributed by atoms with Gasteiger partial charge in [-0.25, -0.2) is 0 Å². The zero-order valence-corrected chi connectivity index (χ0v) is 12.0. The summed E-state index contributed by atoms with van der Waals surface area (Å²) in [7, 11) is 0. The van der Waals surface area contributed by atoms with Crippen molar-refractivity contribution in [1.82, 2.24) is 5.32 Å². The van der Waals surface area contributed by atoms with Gasteiger partial charge in [0.1, 0.15) is 12.4 Å². The minimum Gasteiger partial charge on any atom is -0.491 e. The fourth-order valence-electron chi connectivity index (χ4n) is 1.80. The van der Waals surface area contributed by atoms with Gasteiger partial charge in [-0.3, -0.25) is 4.79 Å². The molecule has 19 heavy (non-hydrogen) atoms. The quantitative estimate of drug-likeness (QED) is 0.741. The Kier molecular flexibility index (Phi) is 6.36. The zero-order chi connectivity index (χ0) is 14.3. The lowest BCUT2D eigenvalue weighted by molar-refractivity contribution is -0.121. The second-order valence-corrected chi connectivity index (χ2v) is 5.07. The van der Waals surface area contributed by atoms with E-state index in [0.717, 1.165) is 5.75 Å². The highest BCUT2D eigenvalue weighted by molar-refractivity contribution is 5.76. The maximum atomic E-state index is 11.4. The Bertz CT molecular complexity index is 403. The molecule has 1 amide bonds. The van der Waals surface area contributed by atoms with Gasteiger partial charge in [-0.15, -0.1) is 0 Å². The highest BCUT2D eigenvalue weighted by Crippen LogP contribution is 2.25. The minimum absolute atomic E-state index is 0.0317. The number of rotatable bonds is 7. The van der Waals surface area contributed by atoms with Crippen LogP contribution >= 0.6 is 0 Å². The predicted molar refractivity (Wildman–Crippen MR) is 77.3 cm³/mol. The maximum absolute atomic E-state index is 11.4. The minimum atomic E-state index is -0.109. The van der Waals surface area contributed by atoms with Crippen molar-refractivity contribution in [3.05, 3.63) is 29.8 Å². The summed E-state index contributed by atoms with van der Waals surface area (Å²) in [6, 6.07) is 7.87. The number of amides is 1. The Morgan fingerprint density at radius 1 is 1.32 bits per heavy atom. The third-order valence-corrected chi connectivity index (χ3v) is 2.73. The van der Waals surface area contributed by atoms with Gasteiger partial charge in [0, 0.05) is 12.5 Å². The van der Waals surface area contributed by atoms with Crippen LogP contribution < -0.4 is 15.8 Å². The molecular weight excluding hydrogens is 240 g/mol. The summed E-state index contributed by atoms with van der Waals surface area (Å²) >= 11 is 0. The summed E-state index contributed by atoms with van der Waals surface area (Å²) in [5.74, 6) is 1.28. The molecule has 0 aromatic heterocycles. The molecular formula is C15H24N2O2. The van der Waals surface area contributed by atoms with Crippen molar-refractivity contribution in [3.63, 3.8) is 0 Å². The van der Waals surface area contributed by atoms with Crippen LogP contribution in [-0.2, 0) is 4.79 Å². The summed E-state index contributed by atoms with van der Waals surface area (Å²) in [5.41, 5.74) is 6.73. The number of para-hydroxylation sites is 1. The third kappa shape index (κ3) is 5.75. The van der Waals surface area contributed by atoms with Crippen LogP contribution in [0.4, 0.5) is 0 Å². The van der Waals surface area contributed by atoms with E-state index in [9.17, 15) is 4.79 Å². The van der Waals surface area contributed by atoms with Gasteiger partial charge in [0.05, 0.1) is 6.54 Å². The maximum Gasteiger partial charge on any atom is 0.221 e. The second-order valence-electron chi connectivity index (χ2n) is 5.07. The monoisotopic (exact) mass is 264 g/mol. The zero-order valence-electron chi connectivity index (χ0n) is 12.0. The number of carbonyl (C=O) groups excluding carboxylic acids is 1. The Morgan fingerprint density at radius 2 is 2.00 bits per heavy atom. The molecule has 3 N–H and O–H groups in total. The molecule has 1 rings (SSSR count). The average molecular weight is 264 g/mol. The first-order chi connectivity index (χ1) is 9.00. The van der Waals surface area contributed by atoms with E-state index in [-0.39, 0.29) is 11.9 Å². The van der Waals surface area contributed by atoms with E-state index in [0.29, 0.717) is 25.5 Å². The number of carbonyl (C=O) groups is 1. The summed E-state index contributed by atoms with van der Waals surface area (Å²) in [4.78, 5) is 11.4. The van der Waals surface area contributed by atoms with E-state index in [1.807, 2.05) is 25.1 Å². The molecule has 0 fully saturated rings. The van der Waals surface area contributed by atoms with Crippen LogP contribution in [0.25, 0.3) is 0 Å². The van der Waals surface area contributed by atoms with Crippen molar-refractivity contribution in [2.75, 3.05) is 13.2 Å². The molecule has 0 radical (unpaired) electrons. The van der Waals surface area contributed by atoms with Crippen molar-refractivity contribution >= 4 is 5.91 Å². The van der Waals surface area contributed by atoms with Gasteiger partial charge >= 0.3 is 0 Å². The van der Waals surface area contributed by atoms with Crippen LogP contribution in [-0.4, -0.2) is 25.1 Å². The molecule has 1 atom stereocenters. The standard InChI is InChI=1S/C15H24N2O2/c1-11(2)13-6-4-5-7-14(13)19-9-8-17-15(18)10-12(3)16/h4-7,11-12H,8-10,16H2,1-3H3,(H,17,18). The summed E-state index contributed by atoms with van der Waals surface area (Å²) < 4.78 is 5.71. The predicted octanol–water partition coefficient (Wildman–Crippen LogP) is 2.04. The lowest BCUT2D eigenvalue weighted by Gasteiger charge is -2.14. The van der Waals surface area contributed by atoms with E-state index >= 15 is 0 Å². The van der Waals surface area contributed by atoms with Gasteiger partial charge in [0.15, 0.2) is 0 Å². The number of ether oxygens (including phenoxy) is 1. The van der Waals surface area contributed by atoms with E-state index in [1.165, 1.54) is 5.56 Å². The third-order valence-electron chi connectivity index (χ3n) is 2.73. The summed E-state index contributed by atoms with van der Waals surface area (Å²) in [6.45, 7) is 7.04. The van der Waals surface area contributed by atoms with Crippen LogP contribution in [0.1, 0.15) is 38.7 Å². The molecule has 0 heterocycles. The van der Waals surface area contributed by atoms with Crippen LogP contribution in [0.2, 0.25) is 0 Å². The molecule has 4 heteroatoms. The van der Waals surface area contributed by atoms with Crippen LogP contribution in [0.5, 0.6) is 5.75 Å². The van der Waals surface area contributed by atoms with Crippen molar-refractivity contribution in [1.29, 1.82) is 0 Å². The normalized spacial score (nSPS) is 12.3. The molecule has 0 saturated carbocycles. The van der Waals surface area contributed by atoms with E-state index in [4.69, 9.17) is 10.5 Å². The molecule has 0 aliphatic heterocycles. The topological polar surface area (TPSA) is 64.4 Å².